The molecule has 100 valence electrons. The van der Waals surface area contributed by atoms with E-state index in [2.05, 4.69) is 27.2 Å². The molecule has 0 saturated carbocycles. The summed E-state index contributed by atoms with van der Waals surface area (Å²) < 4.78 is 26.0. The van der Waals surface area contributed by atoms with E-state index in [1.54, 1.807) is 6.92 Å². The number of nitrogens with zero attached hydrogens (tertiary/aromatic N) is 1. The van der Waals surface area contributed by atoms with E-state index in [1.807, 2.05) is 0 Å². The summed E-state index contributed by atoms with van der Waals surface area (Å²) in [5.41, 5.74) is 0.550. The Bertz CT molecular complexity index is 418. The van der Waals surface area contributed by atoms with E-state index in [1.165, 1.54) is 6.20 Å². The SMILES string of the molecule is CCCNCCNS(=O)(=O)c1cn[nH]c1C.Cl. The Morgan fingerprint density at radius 3 is 2.59 bits per heavy atom. The first kappa shape index (κ1) is 16.4. The lowest BCUT2D eigenvalue weighted by molar-refractivity contribution is 0.575. The van der Waals surface area contributed by atoms with Crippen LogP contribution < -0.4 is 10.0 Å². The van der Waals surface area contributed by atoms with Crippen LogP contribution in [0.4, 0.5) is 0 Å². The molecule has 0 aliphatic rings. The minimum absolute atomic E-state index is 0. The van der Waals surface area contributed by atoms with E-state index in [0.717, 1.165) is 13.0 Å². The second-order valence-electron chi connectivity index (χ2n) is 3.51. The molecule has 0 unspecified atom stereocenters. The van der Waals surface area contributed by atoms with Gasteiger partial charge >= 0.3 is 0 Å². The average Bonchev–Trinajstić information content (AvgIpc) is 2.65. The van der Waals surface area contributed by atoms with E-state index >= 15 is 0 Å². The Kier molecular flexibility index (Phi) is 7.37. The van der Waals surface area contributed by atoms with Crippen LogP contribution in [-0.4, -0.2) is 38.2 Å². The Morgan fingerprint density at radius 2 is 2.06 bits per heavy atom. The molecule has 17 heavy (non-hydrogen) atoms. The molecule has 8 heteroatoms. The lowest BCUT2D eigenvalue weighted by Crippen LogP contribution is -2.32. The molecule has 1 heterocycles. The molecule has 0 aliphatic heterocycles. The highest BCUT2D eigenvalue weighted by molar-refractivity contribution is 7.89. The quantitative estimate of drug-likeness (QED) is 0.633. The van der Waals surface area contributed by atoms with Gasteiger partial charge < -0.3 is 5.32 Å². The Morgan fingerprint density at radius 1 is 1.35 bits per heavy atom. The van der Waals surface area contributed by atoms with E-state index in [9.17, 15) is 8.42 Å². The van der Waals surface area contributed by atoms with Crippen molar-refractivity contribution in [1.29, 1.82) is 0 Å². The number of H-pyrrole nitrogens is 1. The maximum atomic E-state index is 11.7. The predicted octanol–water partition coefficient (Wildman–Crippen LogP) is 0.418. The van der Waals surface area contributed by atoms with Gasteiger partial charge in [-0.1, -0.05) is 6.92 Å². The van der Waals surface area contributed by atoms with Crippen LogP contribution >= 0.6 is 12.4 Å². The van der Waals surface area contributed by atoms with Gasteiger partial charge in [0.2, 0.25) is 10.0 Å². The van der Waals surface area contributed by atoms with Gasteiger partial charge in [-0.25, -0.2) is 13.1 Å². The molecular formula is C9H19ClN4O2S. The first-order valence-electron chi connectivity index (χ1n) is 5.28. The topological polar surface area (TPSA) is 86.9 Å². The maximum absolute atomic E-state index is 11.7. The fourth-order valence-corrected chi connectivity index (χ4v) is 2.43. The van der Waals surface area contributed by atoms with Crippen LogP contribution in [-0.2, 0) is 10.0 Å². The summed E-state index contributed by atoms with van der Waals surface area (Å²) in [5, 5.41) is 9.40. The number of aryl methyl sites for hydroxylation is 1. The third-order valence-corrected chi connectivity index (χ3v) is 3.67. The van der Waals surface area contributed by atoms with Crippen LogP contribution in [0.2, 0.25) is 0 Å². The third kappa shape index (κ3) is 5.03. The Labute approximate surface area is 108 Å². The molecule has 0 saturated heterocycles. The number of aromatic amines is 1. The van der Waals surface area contributed by atoms with Crippen molar-refractivity contribution >= 4 is 22.4 Å². The normalized spacial score (nSPS) is 11.2. The third-order valence-electron chi connectivity index (χ3n) is 2.09. The van der Waals surface area contributed by atoms with Crippen LogP contribution in [0.3, 0.4) is 0 Å². The summed E-state index contributed by atoms with van der Waals surface area (Å²) in [7, 11) is -3.42. The van der Waals surface area contributed by atoms with Crippen LogP contribution in [0.5, 0.6) is 0 Å². The molecule has 0 bridgehead atoms. The highest BCUT2D eigenvalue weighted by atomic mass is 35.5. The van der Waals surface area contributed by atoms with Crippen LogP contribution in [0, 0.1) is 6.92 Å². The monoisotopic (exact) mass is 282 g/mol. The molecule has 0 fully saturated rings. The van der Waals surface area contributed by atoms with E-state index in [4.69, 9.17) is 0 Å². The van der Waals surface area contributed by atoms with Gasteiger partial charge in [0.05, 0.1) is 11.9 Å². The zero-order valence-electron chi connectivity index (χ0n) is 9.99. The van der Waals surface area contributed by atoms with Gasteiger partial charge in [0.15, 0.2) is 0 Å². The first-order valence-corrected chi connectivity index (χ1v) is 6.76. The molecule has 1 aromatic heterocycles. The van der Waals surface area contributed by atoms with Gasteiger partial charge in [-0.15, -0.1) is 12.4 Å². The molecular weight excluding hydrogens is 264 g/mol. The largest absolute Gasteiger partial charge is 0.315 e. The standard InChI is InChI=1S/C9H18N4O2S.ClH/c1-3-4-10-5-6-12-16(14,15)9-7-11-13-8(9)2;/h7,10,12H,3-6H2,1-2H3,(H,11,13);1H. The zero-order valence-corrected chi connectivity index (χ0v) is 11.6. The van der Waals surface area contributed by atoms with Gasteiger partial charge in [-0.2, -0.15) is 5.10 Å². The number of hydrogen-bond donors (Lipinski definition) is 3. The van der Waals surface area contributed by atoms with Crippen molar-refractivity contribution in [3.63, 3.8) is 0 Å². The molecule has 0 atom stereocenters. The summed E-state index contributed by atoms with van der Waals surface area (Å²) in [5.74, 6) is 0. The molecule has 0 amide bonds. The summed E-state index contributed by atoms with van der Waals surface area (Å²) in [6.45, 7) is 5.65. The number of rotatable bonds is 7. The van der Waals surface area contributed by atoms with Crippen molar-refractivity contribution in [2.45, 2.75) is 25.2 Å². The molecule has 6 nitrogen and oxygen atoms in total. The Balaban J connectivity index is 0.00000256. The van der Waals surface area contributed by atoms with Crippen molar-refractivity contribution in [3.8, 4) is 0 Å². The lowest BCUT2D eigenvalue weighted by Gasteiger charge is -2.06. The molecule has 1 rings (SSSR count). The lowest BCUT2D eigenvalue weighted by atomic mass is 10.5. The maximum Gasteiger partial charge on any atom is 0.243 e. The minimum Gasteiger partial charge on any atom is -0.315 e. The fourth-order valence-electron chi connectivity index (χ4n) is 1.26. The van der Waals surface area contributed by atoms with E-state index < -0.39 is 10.0 Å². The fraction of sp³-hybridized carbons (Fsp3) is 0.667. The highest BCUT2D eigenvalue weighted by Crippen LogP contribution is 2.09. The summed E-state index contributed by atoms with van der Waals surface area (Å²) >= 11 is 0. The minimum atomic E-state index is -3.42. The van der Waals surface area contributed by atoms with Crippen molar-refractivity contribution < 1.29 is 8.42 Å². The van der Waals surface area contributed by atoms with E-state index in [-0.39, 0.29) is 17.3 Å². The van der Waals surface area contributed by atoms with Gasteiger partial charge in [0.1, 0.15) is 4.90 Å². The predicted molar refractivity (Wildman–Crippen MR) is 68.9 cm³/mol. The number of hydrogen-bond acceptors (Lipinski definition) is 4. The second-order valence-corrected chi connectivity index (χ2v) is 5.24. The molecule has 0 aromatic carbocycles. The van der Waals surface area contributed by atoms with Crippen molar-refractivity contribution in [2.24, 2.45) is 0 Å². The van der Waals surface area contributed by atoms with Crippen LogP contribution in [0.25, 0.3) is 0 Å². The number of sulfonamides is 1. The van der Waals surface area contributed by atoms with Gasteiger partial charge in [-0.3, -0.25) is 5.10 Å². The molecule has 0 radical (unpaired) electrons. The smallest absolute Gasteiger partial charge is 0.243 e. The Hall–Kier alpha value is -0.630. The first-order chi connectivity index (χ1) is 7.58. The molecule has 1 aromatic rings. The highest BCUT2D eigenvalue weighted by Gasteiger charge is 2.17. The molecule has 3 N–H and O–H groups in total. The molecule has 0 aliphatic carbocycles. The number of nitrogens with one attached hydrogen (secondary N) is 3. The summed E-state index contributed by atoms with van der Waals surface area (Å²) in [6.07, 6.45) is 2.35. The van der Waals surface area contributed by atoms with E-state index in [0.29, 0.717) is 18.8 Å². The number of aromatic nitrogens is 2. The summed E-state index contributed by atoms with van der Waals surface area (Å²) in [4.78, 5) is 0.211. The van der Waals surface area contributed by atoms with Gasteiger partial charge in [0.25, 0.3) is 0 Å². The van der Waals surface area contributed by atoms with Crippen molar-refractivity contribution in [3.05, 3.63) is 11.9 Å². The summed E-state index contributed by atoms with van der Waals surface area (Å²) in [6, 6.07) is 0. The van der Waals surface area contributed by atoms with Crippen molar-refractivity contribution in [1.82, 2.24) is 20.2 Å². The van der Waals surface area contributed by atoms with Crippen molar-refractivity contribution in [2.75, 3.05) is 19.6 Å². The second kappa shape index (κ2) is 7.65. The zero-order chi connectivity index (χ0) is 12.0. The van der Waals surface area contributed by atoms with Gasteiger partial charge in [0, 0.05) is 13.1 Å². The van der Waals surface area contributed by atoms with Gasteiger partial charge in [-0.05, 0) is 19.9 Å². The van der Waals surface area contributed by atoms with Crippen LogP contribution in [0.15, 0.2) is 11.1 Å². The number of halogens is 1. The molecule has 0 spiro atoms. The average molecular weight is 283 g/mol. The van der Waals surface area contributed by atoms with Crippen LogP contribution in [0.1, 0.15) is 19.0 Å².